The molecule has 1 fully saturated rings. The quantitative estimate of drug-likeness (QED) is 0.693. The van der Waals surface area contributed by atoms with E-state index in [2.05, 4.69) is 5.32 Å². The third kappa shape index (κ3) is 4.11. The molecule has 1 saturated heterocycles. The van der Waals surface area contributed by atoms with Crippen molar-refractivity contribution < 1.29 is 18.7 Å². The molecule has 2 aromatic carbocycles. The Morgan fingerprint density at radius 3 is 2.69 bits per heavy atom. The highest BCUT2D eigenvalue weighted by Gasteiger charge is 2.29. The van der Waals surface area contributed by atoms with E-state index in [1.54, 1.807) is 4.90 Å². The molecule has 1 aromatic heterocycles. The van der Waals surface area contributed by atoms with Gasteiger partial charge in [-0.15, -0.1) is 0 Å². The topological polar surface area (TPSA) is 71.8 Å². The number of rotatable bonds is 6. The molecule has 0 radical (unpaired) electrons. The molecule has 2 heterocycles. The van der Waals surface area contributed by atoms with Crippen LogP contribution in [0.3, 0.4) is 0 Å². The Labute approximate surface area is 169 Å². The van der Waals surface area contributed by atoms with Gasteiger partial charge in [-0.25, -0.2) is 0 Å². The summed E-state index contributed by atoms with van der Waals surface area (Å²) in [6.07, 6.45) is 1.22. The molecule has 0 bridgehead atoms. The van der Waals surface area contributed by atoms with E-state index in [0.717, 1.165) is 23.1 Å². The van der Waals surface area contributed by atoms with Crippen LogP contribution in [0.4, 0.5) is 0 Å². The predicted molar refractivity (Wildman–Crippen MR) is 110 cm³/mol. The SMILES string of the molecule is CCC(=O)N1CCC(NC(=O)c2oc3ccccc3c2COc2ccccc2)C1. The minimum atomic E-state index is -0.274. The first-order valence-corrected chi connectivity index (χ1v) is 9.92. The van der Waals surface area contributed by atoms with Gasteiger partial charge in [0.1, 0.15) is 17.9 Å². The second-order valence-corrected chi connectivity index (χ2v) is 7.16. The number of hydrogen-bond acceptors (Lipinski definition) is 4. The van der Waals surface area contributed by atoms with Crippen LogP contribution in [0.15, 0.2) is 59.0 Å². The molecule has 0 aliphatic carbocycles. The first kappa shape index (κ1) is 19.1. The maximum atomic E-state index is 13.0. The van der Waals surface area contributed by atoms with Gasteiger partial charge in [0.25, 0.3) is 5.91 Å². The van der Waals surface area contributed by atoms with Crippen molar-refractivity contribution in [2.45, 2.75) is 32.4 Å². The number of carbonyl (C=O) groups excluding carboxylic acids is 2. The summed E-state index contributed by atoms with van der Waals surface area (Å²) < 4.78 is 11.8. The van der Waals surface area contributed by atoms with Gasteiger partial charge in [-0.2, -0.15) is 0 Å². The Hall–Kier alpha value is -3.28. The average Bonchev–Trinajstić information content (AvgIpc) is 3.37. The number of ether oxygens (including phenoxy) is 1. The molecule has 0 spiro atoms. The number of furan rings is 1. The average molecular weight is 392 g/mol. The van der Waals surface area contributed by atoms with Crippen LogP contribution in [-0.4, -0.2) is 35.8 Å². The van der Waals surface area contributed by atoms with Crippen LogP contribution in [0.25, 0.3) is 11.0 Å². The molecular formula is C23H24N2O4. The van der Waals surface area contributed by atoms with Gasteiger partial charge in [0, 0.05) is 36.5 Å². The summed E-state index contributed by atoms with van der Waals surface area (Å²) >= 11 is 0. The molecule has 6 nitrogen and oxygen atoms in total. The van der Waals surface area contributed by atoms with Gasteiger partial charge < -0.3 is 19.4 Å². The lowest BCUT2D eigenvalue weighted by Gasteiger charge is -2.16. The highest BCUT2D eigenvalue weighted by Crippen LogP contribution is 2.27. The van der Waals surface area contributed by atoms with Gasteiger partial charge in [0.05, 0.1) is 0 Å². The fraction of sp³-hybridized carbons (Fsp3) is 0.304. The summed E-state index contributed by atoms with van der Waals surface area (Å²) in [5.74, 6) is 0.835. The maximum Gasteiger partial charge on any atom is 0.287 e. The zero-order valence-electron chi connectivity index (χ0n) is 16.4. The molecule has 3 aromatic rings. The monoisotopic (exact) mass is 392 g/mol. The van der Waals surface area contributed by atoms with E-state index in [4.69, 9.17) is 9.15 Å². The first-order chi connectivity index (χ1) is 14.2. The van der Waals surface area contributed by atoms with Crippen LogP contribution in [0.5, 0.6) is 5.75 Å². The van der Waals surface area contributed by atoms with E-state index < -0.39 is 0 Å². The second-order valence-electron chi connectivity index (χ2n) is 7.16. The number of para-hydroxylation sites is 2. The van der Waals surface area contributed by atoms with Crippen molar-refractivity contribution in [1.82, 2.24) is 10.2 Å². The molecule has 1 aliphatic rings. The summed E-state index contributed by atoms with van der Waals surface area (Å²) in [6.45, 7) is 3.28. The molecule has 150 valence electrons. The van der Waals surface area contributed by atoms with Crippen LogP contribution in [-0.2, 0) is 11.4 Å². The minimum absolute atomic E-state index is 0.0749. The number of nitrogens with zero attached hydrogens (tertiary/aromatic N) is 1. The van der Waals surface area contributed by atoms with Crippen molar-refractivity contribution in [2.24, 2.45) is 0 Å². The fourth-order valence-corrected chi connectivity index (χ4v) is 3.68. The zero-order chi connectivity index (χ0) is 20.2. The van der Waals surface area contributed by atoms with Gasteiger partial charge in [-0.3, -0.25) is 9.59 Å². The second kappa shape index (κ2) is 8.39. The summed E-state index contributed by atoms with van der Waals surface area (Å²) in [6, 6.07) is 17.0. The maximum absolute atomic E-state index is 13.0. The van der Waals surface area contributed by atoms with Crippen molar-refractivity contribution in [1.29, 1.82) is 0 Å². The van der Waals surface area contributed by atoms with Gasteiger partial charge in [-0.1, -0.05) is 43.3 Å². The lowest BCUT2D eigenvalue weighted by Crippen LogP contribution is -2.38. The van der Waals surface area contributed by atoms with Gasteiger partial charge in [0.15, 0.2) is 5.76 Å². The smallest absolute Gasteiger partial charge is 0.287 e. The number of hydrogen-bond donors (Lipinski definition) is 1. The molecular weight excluding hydrogens is 368 g/mol. The summed E-state index contributed by atoms with van der Waals surface area (Å²) in [5, 5.41) is 3.89. The van der Waals surface area contributed by atoms with Crippen LogP contribution < -0.4 is 10.1 Å². The number of amides is 2. The largest absolute Gasteiger partial charge is 0.489 e. The lowest BCUT2D eigenvalue weighted by molar-refractivity contribution is -0.129. The lowest BCUT2D eigenvalue weighted by atomic mass is 10.1. The van der Waals surface area contributed by atoms with E-state index in [-0.39, 0.29) is 30.2 Å². The third-order valence-electron chi connectivity index (χ3n) is 5.21. The molecule has 4 rings (SSSR count). The fourth-order valence-electron chi connectivity index (χ4n) is 3.68. The van der Waals surface area contributed by atoms with Crippen molar-refractivity contribution in [3.05, 3.63) is 65.9 Å². The molecule has 1 unspecified atom stereocenters. The third-order valence-corrected chi connectivity index (χ3v) is 5.21. The van der Waals surface area contributed by atoms with E-state index in [0.29, 0.717) is 25.1 Å². The van der Waals surface area contributed by atoms with E-state index in [9.17, 15) is 9.59 Å². The van der Waals surface area contributed by atoms with Crippen molar-refractivity contribution in [3.8, 4) is 5.75 Å². The van der Waals surface area contributed by atoms with Crippen molar-refractivity contribution in [3.63, 3.8) is 0 Å². The number of carbonyl (C=O) groups is 2. The molecule has 1 atom stereocenters. The summed E-state index contributed by atoms with van der Waals surface area (Å²) in [7, 11) is 0. The van der Waals surface area contributed by atoms with Gasteiger partial charge >= 0.3 is 0 Å². The first-order valence-electron chi connectivity index (χ1n) is 9.92. The van der Waals surface area contributed by atoms with E-state index in [1.807, 2.05) is 61.5 Å². The standard InChI is InChI=1S/C23H24N2O4/c1-2-21(26)25-13-12-16(14-25)24-23(27)22-19(15-28-17-8-4-3-5-9-17)18-10-6-7-11-20(18)29-22/h3-11,16H,2,12-15H2,1H3,(H,24,27). The van der Waals surface area contributed by atoms with E-state index >= 15 is 0 Å². The normalized spacial score (nSPS) is 16.2. The van der Waals surface area contributed by atoms with E-state index in [1.165, 1.54) is 0 Å². The summed E-state index contributed by atoms with van der Waals surface area (Å²) in [4.78, 5) is 26.7. The van der Waals surface area contributed by atoms with Crippen LogP contribution in [0, 0.1) is 0 Å². The Morgan fingerprint density at radius 1 is 1.14 bits per heavy atom. The number of fused-ring (bicyclic) bond motifs is 1. The van der Waals surface area contributed by atoms with Crippen LogP contribution >= 0.6 is 0 Å². The van der Waals surface area contributed by atoms with Gasteiger partial charge in [0.2, 0.25) is 5.91 Å². The highest BCUT2D eigenvalue weighted by atomic mass is 16.5. The Bertz CT molecular complexity index is 1010. The van der Waals surface area contributed by atoms with Crippen molar-refractivity contribution >= 4 is 22.8 Å². The Balaban J connectivity index is 1.53. The number of benzene rings is 2. The Morgan fingerprint density at radius 2 is 1.90 bits per heavy atom. The molecule has 1 N–H and O–H groups in total. The predicted octanol–water partition coefficient (Wildman–Crippen LogP) is 3.75. The van der Waals surface area contributed by atoms with Crippen LogP contribution in [0.2, 0.25) is 0 Å². The molecule has 29 heavy (non-hydrogen) atoms. The summed E-state index contributed by atoms with van der Waals surface area (Å²) in [5.41, 5.74) is 1.37. The molecule has 2 amide bonds. The molecule has 6 heteroatoms. The minimum Gasteiger partial charge on any atom is -0.489 e. The zero-order valence-corrected chi connectivity index (χ0v) is 16.4. The number of nitrogens with one attached hydrogen (secondary N) is 1. The van der Waals surface area contributed by atoms with Crippen LogP contribution in [0.1, 0.15) is 35.9 Å². The Kier molecular flexibility index (Phi) is 5.51. The van der Waals surface area contributed by atoms with Gasteiger partial charge in [-0.05, 0) is 24.6 Å². The highest BCUT2D eigenvalue weighted by molar-refractivity contribution is 5.99. The van der Waals surface area contributed by atoms with Crippen molar-refractivity contribution in [2.75, 3.05) is 13.1 Å². The molecule has 1 aliphatic heterocycles. The molecule has 0 saturated carbocycles. The number of likely N-dealkylation sites (tertiary alicyclic amines) is 1.